The van der Waals surface area contributed by atoms with Crippen LogP contribution in [0, 0.1) is 0 Å². The van der Waals surface area contributed by atoms with Gasteiger partial charge in [-0.2, -0.15) is 3.85 Å². The molecule has 6 nitrogen and oxygen atoms in total. The van der Waals surface area contributed by atoms with Crippen LogP contribution in [-0.4, -0.2) is 45.4 Å². The third-order valence-electron chi connectivity index (χ3n) is 5.37. The van der Waals surface area contributed by atoms with E-state index in [0.29, 0.717) is 36.2 Å². The largest absolute Gasteiger partial charge is 0.493 e. The Hall–Kier alpha value is -1.10. The Morgan fingerprint density at radius 2 is 1.90 bits per heavy atom. The summed E-state index contributed by atoms with van der Waals surface area (Å²) in [4.78, 5) is 0.283. The molecule has 0 radical (unpaired) electrons. The summed E-state index contributed by atoms with van der Waals surface area (Å²) in [5, 5.41) is 4.07. The molecular formula is C19H23ClN2O4P2S. The van der Waals surface area contributed by atoms with Gasteiger partial charge in [0.25, 0.3) is 0 Å². The molecule has 156 valence electrons. The summed E-state index contributed by atoms with van der Waals surface area (Å²) in [7, 11) is -3.12. The monoisotopic (exact) mass is 472 g/mol. The molecule has 1 N–H and O–H groups in total. The molecule has 29 heavy (non-hydrogen) atoms. The van der Waals surface area contributed by atoms with Gasteiger partial charge in [0.2, 0.25) is 10.0 Å². The van der Waals surface area contributed by atoms with E-state index in [-0.39, 0.29) is 27.8 Å². The van der Waals surface area contributed by atoms with Crippen LogP contribution in [0.25, 0.3) is 0 Å². The molecule has 2 aromatic rings. The molecule has 0 amide bonds. The van der Waals surface area contributed by atoms with Gasteiger partial charge in [0, 0.05) is 17.1 Å². The number of nitrogens with one attached hydrogen (secondary N) is 1. The van der Waals surface area contributed by atoms with Crippen molar-refractivity contribution in [1.82, 2.24) is 3.85 Å². The van der Waals surface area contributed by atoms with E-state index in [1.165, 1.54) is 3.85 Å². The van der Waals surface area contributed by atoms with Crippen LogP contribution in [0.4, 0.5) is 5.69 Å². The highest BCUT2D eigenvalue weighted by atomic mass is 35.5. The Balaban J connectivity index is 1.66. The minimum Gasteiger partial charge on any atom is -0.493 e. The molecule has 0 saturated carbocycles. The molecule has 2 unspecified atom stereocenters. The van der Waals surface area contributed by atoms with Crippen molar-refractivity contribution in [2.45, 2.75) is 16.7 Å². The number of ether oxygens (including phenoxy) is 2. The molecule has 1 spiro atoms. The van der Waals surface area contributed by atoms with Gasteiger partial charge in [-0.05, 0) is 67.5 Å². The van der Waals surface area contributed by atoms with Crippen LogP contribution in [0.15, 0.2) is 41.3 Å². The van der Waals surface area contributed by atoms with Crippen LogP contribution in [0.2, 0.25) is 5.02 Å². The van der Waals surface area contributed by atoms with E-state index in [0.717, 1.165) is 17.7 Å². The summed E-state index contributed by atoms with van der Waals surface area (Å²) in [6, 6.07) is 10.7. The van der Waals surface area contributed by atoms with E-state index in [9.17, 15) is 8.42 Å². The third-order valence-corrected chi connectivity index (χ3v) is 11.6. The van der Waals surface area contributed by atoms with Gasteiger partial charge in [-0.25, -0.2) is 8.42 Å². The van der Waals surface area contributed by atoms with Gasteiger partial charge >= 0.3 is 0 Å². The Morgan fingerprint density at radius 1 is 1.10 bits per heavy atom. The summed E-state index contributed by atoms with van der Waals surface area (Å²) in [5.41, 5.74) is 1.49. The first-order valence-electron chi connectivity index (χ1n) is 9.23. The quantitative estimate of drug-likeness (QED) is 0.672. The first kappa shape index (κ1) is 21.1. The lowest BCUT2D eigenvalue weighted by atomic mass is 9.76. The zero-order valence-electron chi connectivity index (χ0n) is 16.2. The van der Waals surface area contributed by atoms with Gasteiger partial charge in [-0.3, -0.25) is 0 Å². The maximum atomic E-state index is 12.9. The molecule has 2 aromatic carbocycles. The van der Waals surface area contributed by atoms with E-state index >= 15 is 0 Å². The van der Waals surface area contributed by atoms with Crippen LogP contribution in [-0.2, 0) is 15.4 Å². The number of hydrogen-bond acceptors (Lipinski definition) is 5. The molecule has 10 heteroatoms. The van der Waals surface area contributed by atoms with Gasteiger partial charge in [0.05, 0.1) is 29.2 Å². The molecule has 4 rings (SSSR count). The van der Waals surface area contributed by atoms with Crippen LogP contribution in [0.5, 0.6) is 11.5 Å². The van der Waals surface area contributed by atoms with Crippen LogP contribution < -0.4 is 14.8 Å². The van der Waals surface area contributed by atoms with Gasteiger partial charge in [-0.1, -0.05) is 17.7 Å². The Bertz CT molecular complexity index is 1030. The van der Waals surface area contributed by atoms with Crippen molar-refractivity contribution in [1.29, 1.82) is 0 Å². The zero-order chi connectivity index (χ0) is 20.6. The first-order chi connectivity index (χ1) is 13.9. The molecule has 0 aromatic heterocycles. The minimum atomic E-state index is -3.51. The topological polar surface area (TPSA) is 67.9 Å². The van der Waals surface area contributed by atoms with Gasteiger partial charge in [0.15, 0.2) is 0 Å². The average Bonchev–Trinajstić information content (AvgIpc) is 2.89. The molecule has 2 heterocycles. The summed E-state index contributed by atoms with van der Waals surface area (Å²) in [6.07, 6.45) is 0.801. The van der Waals surface area contributed by atoms with Gasteiger partial charge in [-0.15, -0.1) is 0 Å². The van der Waals surface area contributed by atoms with Crippen molar-refractivity contribution in [3.05, 3.63) is 47.0 Å². The average molecular weight is 473 g/mol. The maximum Gasteiger partial charge on any atom is 0.249 e. The predicted molar refractivity (Wildman–Crippen MR) is 121 cm³/mol. The highest BCUT2D eigenvalue weighted by Crippen LogP contribution is 2.44. The number of nitrogens with zero attached hydrogens (tertiary/aromatic N) is 1. The van der Waals surface area contributed by atoms with Crippen molar-refractivity contribution in [3.63, 3.8) is 0 Å². The second-order valence-corrected chi connectivity index (χ2v) is 12.1. The molecule has 2 aliphatic heterocycles. The SMILES string of the molecule is CPN(PC)S(=O)(=O)c1ccc2c(c1)NC[C@@]1(CCOc3cc(Cl)ccc31)CO2. The number of sulfonamides is 1. The highest BCUT2D eigenvalue weighted by molar-refractivity contribution is 7.97. The van der Waals surface area contributed by atoms with Crippen molar-refractivity contribution >= 4 is 44.8 Å². The number of halogens is 1. The lowest BCUT2D eigenvalue weighted by molar-refractivity contribution is 0.160. The fourth-order valence-corrected chi connectivity index (χ4v) is 8.13. The van der Waals surface area contributed by atoms with Crippen LogP contribution in [0.3, 0.4) is 0 Å². The molecule has 3 atom stereocenters. The lowest BCUT2D eigenvalue weighted by Gasteiger charge is -2.37. The Morgan fingerprint density at radius 3 is 2.66 bits per heavy atom. The van der Waals surface area contributed by atoms with E-state index < -0.39 is 10.0 Å². The molecule has 0 fully saturated rings. The van der Waals surface area contributed by atoms with Crippen molar-refractivity contribution < 1.29 is 17.9 Å². The molecule has 2 aliphatic rings. The van der Waals surface area contributed by atoms with E-state index in [2.05, 4.69) is 5.32 Å². The van der Waals surface area contributed by atoms with E-state index in [4.69, 9.17) is 21.1 Å². The standard InChI is InChI=1S/C19H23ClN2O4P2S/c1-27-22(28-2)29(23,24)14-4-6-17-16(10-14)21-11-19(12-26-17)7-8-25-18-9-13(20)3-5-15(18)19/h3-6,9-10,21,27-28H,7-8,11-12H2,1-2H3/t19-/m0/s1. The molecule has 0 aliphatic carbocycles. The predicted octanol–water partition coefficient (Wildman–Crippen LogP) is 4.30. The number of benzene rings is 2. The lowest BCUT2D eigenvalue weighted by Crippen LogP contribution is -2.43. The van der Waals surface area contributed by atoms with Crippen LogP contribution in [0.1, 0.15) is 12.0 Å². The first-order valence-corrected chi connectivity index (χ1v) is 13.9. The molecule has 0 saturated heterocycles. The van der Waals surface area contributed by atoms with Gasteiger partial charge in [0.1, 0.15) is 11.5 Å². The highest BCUT2D eigenvalue weighted by Gasteiger charge is 2.40. The van der Waals surface area contributed by atoms with E-state index in [1.54, 1.807) is 18.2 Å². The second kappa shape index (κ2) is 8.20. The third kappa shape index (κ3) is 3.84. The number of rotatable bonds is 4. The zero-order valence-corrected chi connectivity index (χ0v) is 19.7. The second-order valence-electron chi connectivity index (χ2n) is 7.04. The van der Waals surface area contributed by atoms with E-state index in [1.807, 2.05) is 31.5 Å². The number of hydrogen-bond donors (Lipinski definition) is 1. The molecule has 0 bridgehead atoms. The fourth-order valence-electron chi connectivity index (χ4n) is 3.80. The number of fused-ring (bicyclic) bond motifs is 3. The van der Waals surface area contributed by atoms with Crippen molar-refractivity contribution in [3.8, 4) is 11.5 Å². The smallest absolute Gasteiger partial charge is 0.249 e. The summed E-state index contributed by atoms with van der Waals surface area (Å²) >= 11 is 6.13. The summed E-state index contributed by atoms with van der Waals surface area (Å²) in [5.74, 6) is 1.44. The minimum absolute atomic E-state index is 0.192. The fraction of sp³-hybridized carbons (Fsp3) is 0.368. The van der Waals surface area contributed by atoms with Gasteiger partial charge < -0.3 is 14.8 Å². The normalized spacial score (nSPS) is 21.7. The van der Waals surface area contributed by atoms with Crippen molar-refractivity contribution in [2.24, 2.45) is 0 Å². The Labute approximate surface area is 180 Å². The molecular weight excluding hydrogens is 450 g/mol. The Kier molecular flexibility index (Phi) is 5.98. The van der Waals surface area contributed by atoms with Crippen LogP contribution >= 0.6 is 29.1 Å². The summed E-state index contributed by atoms with van der Waals surface area (Å²) in [6.45, 7) is 5.43. The summed E-state index contributed by atoms with van der Waals surface area (Å²) < 4.78 is 39.3. The maximum absolute atomic E-state index is 12.9. The van der Waals surface area contributed by atoms with Crippen molar-refractivity contribution in [2.75, 3.05) is 38.4 Å². The number of anilines is 1.